The molecule has 7 rings (SSSR count). The number of rotatable bonds is 5. The molecular weight excluding hydrogens is 500 g/mol. The van der Waals surface area contributed by atoms with Gasteiger partial charge in [-0.2, -0.15) is 4.98 Å². The Bertz CT molecular complexity index is 1860. The Hall–Kier alpha value is -4.78. The minimum Gasteiger partial charge on any atom is -0.394 e. The molecule has 0 aliphatic carbocycles. The lowest BCUT2D eigenvalue weighted by Crippen LogP contribution is -2.24. The van der Waals surface area contributed by atoms with Gasteiger partial charge in [-0.1, -0.05) is 18.2 Å². The molecule has 6 N–H and O–H groups in total. The van der Waals surface area contributed by atoms with E-state index in [0.717, 1.165) is 27.5 Å². The van der Waals surface area contributed by atoms with Crippen molar-refractivity contribution in [2.45, 2.75) is 24.9 Å². The van der Waals surface area contributed by atoms with Gasteiger partial charge in [-0.3, -0.25) is 19.3 Å². The average molecular weight is 525 g/mol. The summed E-state index contributed by atoms with van der Waals surface area (Å²) in [6, 6.07) is 18.0. The highest BCUT2D eigenvalue weighted by Crippen LogP contribution is 2.35. The molecule has 5 heterocycles. The molecule has 39 heavy (non-hydrogen) atoms. The van der Waals surface area contributed by atoms with Gasteiger partial charge in [0.2, 0.25) is 11.9 Å². The third-order valence-corrected chi connectivity index (χ3v) is 7.10. The van der Waals surface area contributed by atoms with E-state index < -0.39 is 24.0 Å². The quantitative estimate of drug-likeness (QED) is 0.227. The van der Waals surface area contributed by atoms with E-state index in [-0.39, 0.29) is 30.1 Å². The fourth-order valence-corrected chi connectivity index (χ4v) is 5.32. The van der Waals surface area contributed by atoms with Gasteiger partial charge >= 0.3 is 0 Å². The molecule has 1 aliphatic heterocycles. The molecule has 1 fully saturated rings. The summed E-state index contributed by atoms with van der Waals surface area (Å²) in [5.74, 6) is 0.223. The molecule has 3 atom stereocenters. The van der Waals surface area contributed by atoms with Gasteiger partial charge in [-0.05, 0) is 36.4 Å². The molecule has 1 aliphatic rings. The van der Waals surface area contributed by atoms with Crippen LogP contribution in [0.5, 0.6) is 0 Å². The van der Waals surface area contributed by atoms with Gasteiger partial charge in [-0.15, -0.1) is 0 Å². The number of anilines is 3. The van der Waals surface area contributed by atoms with Crippen LogP contribution in [0.25, 0.3) is 38.7 Å². The fraction of sp³-hybridized carbons (Fsp3) is 0.185. The molecule has 196 valence electrons. The monoisotopic (exact) mass is 524 g/mol. The number of benzene rings is 2. The van der Waals surface area contributed by atoms with Crippen LogP contribution < -0.4 is 16.6 Å². The van der Waals surface area contributed by atoms with E-state index in [1.54, 1.807) is 10.8 Å². The van der Waals surface area contributed by atoms with Gasteiger partial charge in [0, 0.05) is 34.8 Å². The predicted molar refractivity (Wildman–Crippen MR) is 146 cm³/mol. The zero-order valence-corrected chi connectivity index (χ0v) is 20.5. The van der Waals surface area contributed by atoms with Crippen LogP contribution in [0, 0.1) is 0 Å². The van der Waals surface area contributed by atoms with Crippen molar-refractivity contribution >= 4 is 50.6 Å². The number of nitrogens with zero attached hydrogens (tertiary/aromatic N) is 5. The number of imidazole rings is 1. The lowest BCUT2D eigenvalue weighted by molar-refractivity contribution is -0.0425. The van der Waals surface area contributed by atoms with Crippen LogP contribution in [0.3, 0.4) is 0 Å². The normalized spacial score (nSPS) is 19.4. The van der Waals surface area contributed by atoms with Crippen molar-refractivity contribution in [1.29, 1.82) is 0 Å². The number of aromatic amines is 1. The van der Waals surface area contributed by atoms with Gasteiger partial charge in [0.25, 0.3) is 5.56 Å². The van der Waals surface area contributed by atoms with E-state index in [0.29, 0.717) is 11.6 Å². The highest BCUT2D eigenvalue weighted by molar-refractivity contribution is 6.08. The molecule has 0 amide bonds. The van der Waals surface area contributed by atoms with Crippen LogP contribution in [0.4, 0.5) is 17.6 Å². The van der Waals surface area contributed by atoms with E-state index >= 15 is 0 Å². The molecule has 0 unspecified atom stereocenters. The Morgan fingerprint density at radius 2 is 1.87 bits per heavy atom. The van der Waals surface area contributed by atoms with Crippen LogP contribution in [0.15, 0.2) is 71.8 Å². The van der Waals surface area contributed by atoms with Crippen molar-refractivity contribution in [2.75, 3.05) is 17.7 Å². The zero-order valence-electron chi connectivity index (χ0n) is 20.5. The highest BCUT2D eigenvalue weighted by atomic mass is 16.5. The van der Waals surface area contributed by atoms with Gasteiger partial charge < -0.3 is 30.6 Å². The number of para-hydroxylation sites is 1. The smallest absolute Gasteiger partial charge is 0.280 e. The molecule has 4 aromatic heterocycles. The van der Waals surface area contributed by atoms with Crippen LogP contribution in [0.1, 0.15) is 12.6 Å². The number of H-pyrrole nitrogens is 1. The minimum atomic E-state index is -0.885. The minimum absolute atomic E-state index is 0.0672. The standard InChI is InChI=1S/C27H24N8O4/c28-26-32-24-23(25(38)33-26)31-27(35(24)22-11-20(37)21(13-36)39-22)30-14-5-7-15(8-6-14)34-18-4-2-1-3-16(18)17-9-10-29-12-19(17)34/h1-10,12,20-22,36-37H,11,13H2,(H,30,31)(H3,28,32,33,38)/t20-,21+,22+/m0/s1. The van der Waals surface area contributed by atoms with Crippen LogP contribution in [-0.2, 0) is 4.74 Å². The maximum absolute atomic E-state index is 12.6. The Kier molecular flexibility index (Phi) is 5.33. The number of fused-ring (bicyclic) bond motifs is 4. The van der Waals surface area contributed by atoms with Crippen molar-refractivity contribution < 1.29 is 14.9 Å². The summed E-state index contributed by atoms with van der Waals surface area (Å²) < 4.78 is 9.61. The third kappa shape index (κ3) is 3.73. The van der Waals surface area contributed by atoms with Crippen molar-refractivity contribution in [3.8, 4) is 5.69 Å². The molecule has 0 spiro atoms. The first-order chi connectivity index (χ1) is 19.0. The number of hydrogen-bond acceptors (Lipinski definition) is 9. The van der Waals surface area contributed by atoms with E-state index in [4.69, 9.17) is 10.5 Å². The average Bonchev–Trinajstić information content (AvgIpc) is 3.60. The lowest BCUT2D eigenvalue weighted by Gasteiger charge is -2.17. The Balaban J connectivity index is 1.29. The molecular formula is C27H24N8O4. The Morgan fingerprint density at radius 3 is 2.67 bits per heavy atom. The van der Waals surface area contributed by atoms with Crippen LogP contribution in [0.2, 0.25) is 0 Å². The maximum atomic E-state index is 12.6. The first kappa shape index (κ1) is 23.3. The molecule has 0 bridgehead atoms. The van der Waals surface area contributed by atoms with E-state index in [9.17, 15) is 15.0 Å². The number of ether oxygens (including phenoxy) is 1. The summed E-state index contributed by atoms with van der Waals surface area (Å²) in [4.78, 5) is 28.1. The number of aliphatic hydroxyl groups excluding tert-OH is 2. The van der Waals surface area contributed by atoms with Crippen molar-refractivity contribution in [3.05, 3.63) is 77.3 Å². The van der Waals surface area contributed by atoms with Gasteiger partial charge in [0.1, 0.15) is 12.3 Å². The molecule has 2 aromatic carbocycles. The maximum Gasteiger partial charge on any atom is 0.280 e. The summed E-state index contributed by atoms with van der Waals surface area (Å²) in [7, 11) is 0. The second-order valence-corrected chi connectivity index (χ2v) is 9.46. The Morgan fingerprint density at radius 1 is 1.08 bits per heavy atom. The SMILES string of the molecule is Nc1nc2c(nc(Nc3ccc(-n4c5ccccc5c5ccncc54)cc3)n2[C@H]2C[C@H](O)[C@@H](CO)O2)c(=O)[nH]1. The molecule has 6 aromatic rings. The number of nitrogens with one attached hydrogen (secondary N) is 2. The van der Waals surface area contributed by atoms with Crippen molar-refractivity contribution in [2.24, 2.45) is 0 Å². The summed E-state index contributed by atoms with van der Waals surface area (Å²) in [5, 5.41) is 25.4. The van der Waals surface area contributed by atoms with E-state index in [1.165, 1.54) is 0 Å². The van der Waals surface area contributed by atoms with E-state index in [1.807, 2.05) is 48.7 Å². The Labute approximate surface area is 220 Å². The molecule has 12 heteroatoms. The highest BCUT2D eigenvalue weighted by Gasteiger charge is 2.37. The summed E-state index contributed by atoms with van der Waals surface area (Å²) in [6.45, 7) is -0.344. The van der Waals surface area contributed by atoms with Gasteiger partial charge in [-0.25, -0.2) is 4.98 Å². The number of aromatic nitrogens is 6. The second kappa shape index (κ2) is 8.91. The number of aliphatic hydroxyl groups is 2. The zero-order chi connectivity index (χ0) is 26.7. The van der Waals surface area contributed by atoms with Crippen LogP contribution >= 0.6 is 0 Å². The van der Waals surface area contributed by atoms with Gasteiger partial charge in [0.05, 0.1) is 29.9 Å². The number of pyridine rings is 1. The largest absolute Gasteiger partial charge is 0.394 e. The van der Waals surface area contributed by atoms with Crippen molar-refractivity contribution in [1.82, 2.24) is 29.1 Å². The van der Waals surface area contributed by atoms with Crippen molar-refractivity contribution in [3.63, 3.8) is 0 Å². The summed E-state index contributed by atoms with van der Waals surface area (Å²) in [5.41, 5.74) is 9.33. The summed E-state index contributed by atoms with van der Waals surface area (Å²) in [6.07, 6.45) is 1.46. The number of nitrogen functional groups attached to an aromatic ring is 1. The third-order valence-electron chi connectivity index (χ3n) is 7.10. The lowest BCUT2D eigenvalue weighted by atomic mass is 10.2. The topological polar surface area (TPSA) is 169 Å². The predicted octanol–water partition coefficient (Wildman–Crippen LogP) is 2.58. The van der Waals surface area contributed by atoms with E-state index in [2.05, 4.69) is 42.0 Å². The molecule has 0 radical (unpaired) electrons. The molecule has 0 saturated carbocycles. The summed E-state index contributed by atoms with van der Waals surface area (Å²) >= 11 is 0. The van der Waals surface area contributed by atoms with Crippen LogP contribution in [-0.4, -0.2) is 58.1 Å². The molecule has 12 nitrogen and oxygen atoms in total. The fourth-order valence-electron chi connectivity index (χ4n) is 5.32. The van der Waals surface area contributed by atoms with Gasteiger partial charge in [0.15, 0.2) is 11.2 Å². The first-order valence-electron chi connectivity index (χ1n) is 12.4. The number of hydrogen-bond donors (Lipinski definition) is 5. The number of nitrogens with two attached hydrogens (primary N) is 1. The first-order valence-corrected chi connectivity index (χ1v) is 12.4. The second-order valence-electron chi connectivity index (χ2n) is 9.46. The molecule has 1 saturated heterocycles.